The Balaban J connectivity index is 2.12. The second-order valence-corrected chi connectivity index (χ2v) is 4.86. The van der Waals surface area contributed by atoms with E-state index in [0.29, 0.717) is 5.75 Å². The molecule has 0 saturated carbocycles. The van der Waals surface area contributed by atoms with Gasteiger partial charge in [0, 0.05) is 10.9 Å². The second-order valence-electron chi connectivity index (χ2n) is 3.88. The van der Waals surface area contributed by atoms with E-state index in [2.05, 4.69) is 5.92 Å². The fraction of sp³-hybridized carbons (Fsp3) is 0.0625. The molecule has 0 fully saturated rings. The van der Waals surface area contributed by atoms with Crippen LogP contribution in [0.2, 0.25) is 0 Å². The number of aromatic hydroxyl groups is 1. The normalized spacial score (nSPS) is 10.3. The highest BCUT2D eigenvalue weighted by atomic mass is 32.1. The monoisotopic (exact) mass is 284 g/mol. The highest BCUT2D eigenvalue weighted by Gasteiger charge is 2.09. The largest absolute Gasteiger partial charge is 0.507 e. The van der Waals surface area contributed by atoms with Gasteiger partial charge >= 0.3 is 0 Å². The smallest absolute Gasteiger partial charge is 0.189 e. The minimum absolute atomic E-state index is 0.116. The van der Waals surface area contributed by atoms with Gasteiger partial charge in [-0.25, -0.2) is 0 Å². The number of carbonyl (C=O) groups excluding carboxylic acids is 1. The van der Waals surface area contributed by atoms with Gasteiger partial charge in [0.25, 0.3) is 0 Å². The predicted octanol–water partition coefficient (Wildman–Crippen LogP) is 3.36. The summed E-state index contributed by atoms with van der Waals surface area (Å²) in [5.41, 5.74) is 0.228. The van der Waals surface area contributed by atoms with Crippen molar-refractivity contribution < 1.29 is 14.6 Å². The van der Waals surface area contributed by atoms with E-state index in [1.165, 1.54) is 29.5 Å². The summed E-state index contributed by atoms with van der Waals surface area (Å²) in [7, 11) is 0. The zero-order valence-electron chi connectivity index (χ0n) is 10.6. The van der Waals surface area contributed by atoms with Crippen molar-refractivity contribution in [2.24, 2.45) is 0 Å². The Labute approximate surface area is 121 Å². The lowest BCUT2D eigenvalue weighted by molar-refractivity contribution is 0.104. The zero-order valence-corrected chi connectivity index (χ0v) is 11.4. The third-order valence-electron chi connectivity index (χ3n) is 2.50. The van der Waals surface area contributed by atoms with Crippen molar-refractivity contribution in [1.29, 1.82) is 0 Å². The number of thiophene rings is 1. The molecule has 20 heavy (non-hydrogen) atoms. The Hall–Kier alpha value is -2.51. The van der Waals surface area contributed by atoms with Crippen LogP contribution in [0.5, 0.6) is 11.5 Å². The number of ether oxygens (including phenoxy) is 1. The molecule has 3 nitrogen and oxygen atoms in total. The fourth-order valence-corrected chi connectivity index (χ4v) is 2.19. The third kappa shape index (κ3) is 3.50. The van der Waals surface area contributed by atoms with Crippen LogP contribution >= 0.6 is 11.3 Å². The molecule has 2 aromatic rings. The number of phenols is 1. The first-order chi connectivity index (χ1) is 9.70. The van der Waals surface area contributed by atoms with E-state index in [0.717, 1.165) is 4.88 Å². The molecule has 1 heterocycles. The molecule has 0 saturated heterocycles. The van der Waals surface area contributed by atoms with Crippen LogP contribution in [-0.4, -0.2) is 17.5 Å². The van der Waals surface area contributed by atoms with Gasteiger partial charge in [-0.3, -0.25) is 4.79 Å². The minimum Gasteiger partial charge on any atom is -0.507 e. The van der Waals surface area contributed by atoms with E-state index in [1.54, 1.807) is 12.1 Å². The lowest BCUT2D eigenvalue weighted by Crippen LogP contribution is -1.97. The second kappa shape index (κ2) is 6.60. The Bertz CT molecular complexity index is 664. The molecule has 0 amide bonds. The summed E-state index contributed by atoms with van der Waals surface area (Å²) < 4.78 is 5.17. The first-order valence-electron chi connectivity index (χ1n) is 5.86. The molecule has 0 radical (unpaired) electrons. The maximum atomic E-state index is 12.0. The number of terminal acetylenes is 1. The highest BCUT2D eigenvalue weighted by Crippen LogP contribution is 2.24. The van der Waals surface area contributed by atoms with Crippen molar-refractivity contribution in [2.45, 2.75) is 0 Å². The Kier molecular flexibility index (Phi) is 4.59. The molecule has 4 heteroatoms. The SMILES string of the molecule is C#CCOc1ccc(C(=O)C=Cc2cccs2)c(O)c1. The zero-order chi connectivity index (χ0) is 14.4. The number of phenolic OH excluding ortho intramolecular Hbond substituents is 1. The number of rotatable bonds is 5. The van der Waals surface area contributed by atoms with Gasteiger partial charge in [-0.1, -0.05) is 12.0 Å². The van der Waals surface area contributed by atoms with E-state index < -0.39 is 0 Å². The number of hydrogen-bond donors (Lipinski definition) is 1. The van der Waals surface area contributed by atoms with Crippen molar-refractivity contribution in [1.82, 2.24) is 0 Å². The van der Waals surface area contributed by atoms with Crippen LogP contribution in [0.4, 0.5) is 0 Å². The van der Waals surface area contributed by atoms with E-state index in [4.69, 9.17) is 11.2 Å². The summed E-state index contributed by atoms with van der Waals surface area (Å²) in [5, 5.41) is 11.8. The van der Waals surface area contributed by atoms with Crippen molar-refractivity contribution in [2.75, 3.05) is 6.61 Å². The van der Waals surface area contributed by atoms with Gasteiger partial charge in [0.1, 0.15) is 18.1 Å². The van der Waals surface area contributed by atoms with Crippen molar-refractivity contribution >= 4 is 23.2 Å². The first-order valence-corrected chi connectivity index (χ1v) is 6.74. The van der Waals surface area contributed by atoms with Gasteiger partial charge in [-0.2, -0.15) is 0 Å². The van der Waals surface area contributed by atoms with E-state index in [1.807, 2.05) is 17.5 Å². The summed E-state index contributed by atoms with van der Waals surface area (Å²) in [5.74, 6) is 2.37. The predicted molar refractivity (Wildman–Crippen MR) is 80.1 cm³/mol. The van der Waals surface area contributed by atoms with Crippen LogP contribution in [0.15, 0.2) is 41.8 Å². The molecule has 0 aliphatic carbocycles. The summed E-state index contributed by atoms with van der Waals surface area (Å²) >= 11 is 1.54. The molecule has 0 bridgehead atoms. The lowest BCUT2D eigenvalue weighted by atomic mass is 10.1. The molecular formula is C16H12O3S. The summed E-state index contributed by atoms with van der Waals surface area (Å²) in [6.07, 6.45) is 8.23. The van der Waals surface area contributed by atoms with Gasteiger partial charge in [-0.15, -0.1) is 17.8 Å². The average Bonchev–Trinajstić information content (AvgIpc) is 2.96. The topological polar surface area (TPSA) is 46.5 Å². The van der Waals surface area contributed by atoms with Crippen LogP contribution < -0.4 is 4.74 Å². The van der Waals surface area contributed by atoms with Gasteiger partial charge in [-0.05, 0) is 35.7 Å². The molecule has 1 aromatic carbocycles. The summed E-state index contributed by atoms with van der Waals surface area (Å²) in [6, 6.07) is 8.31. The highest BCUT2D eigenvalue weighted by molar-refractivity contribution is 7.10. The first kappa shape index (κ1) is 13.9. The van der Waals surface area contributed by atoms with Gasteiger partial charge in [0.15, 0.2) is 5.78 Å². The maximum absolute atomic E-state index is 12.0. The Morgan fingerprint density at radius 2 is 2.30 bits per heavy atom. The number of allylic oxidation sites excluding steroid dienone is 1. The number of hydrogen-bond acceptors (Lipinski definition) is 4. The van der Waals surface area contributed by atoms with Crippen LogP contribution in [0.1, 0.15) is 15.2 Å². The van der Waals surface area contributed by atoms with E-state index in [-0.39, 0.29) is 23.7 Å². The van der Waals surface area contributed by atoms with Gasteiger partial charge in [0.2, 0.25) is 0 Å². The quantitative estimate of drug-likeness (QED) is 0.520. The molecule has 2 rings (SSSR count). The van der Waals surface area contributed by atoms with Crippen molar-refractivity contribution in [3.05, 3.63) is 52.2 Å². The summed E-state index contributed by atoms with van der Waals surface area (Å²) in [4.78, 5) is 12.9. The van der Waals surface area contributed by atoms with Crippen LogP contribution in [0.3, 0.4) is 0 Å². The molecule has 100 valence electrons. The number of benzene rings is 1. The number of carbonyl (C=O) groups is 1. The summed E-state index contributed by atoms with van der Waals surface area (Å²) in [6.45, 7) is 0.116. The Morgan fingerprint density at radius 3 is 2.95 bits per heavy atom. The van der Waals surface area contributed by atoms with E-state index >= 15 is 0 Å². The molecule has 0 unspecified atom stereocenters. The number of ketones is 1. The third-order valence-corrected chi connectivity index (χ3v) is 3.34. The van der Waals surface area contributed by atoms with Crippen molar-refractivity contribution in [3.63, 3.8) is 0 Å². The standard InChI is InChI=1S/C16H12O3S/c1-2-9-19-12-5-7-14(16(18)11-12)15(17)8-6-13-4-3-10-20-13/h1,3-8,10-11,18H,9H2. The van der Waals surface area contributed by atoms with Gasteiger partial charge < -0.3 is 9.84 Å². The molecule has 1 aromatic heterocycles. The average molecular weight is 284 g/mol. The van der Waals surface area contributed by atoms with E-state index in [9.17, 15) is 9.90 Å². The fourth-order valence-electron chi connectivity index (χ4n) is 1.57. The molecule has 0 aliphatic rings. The van der Waals surface area contributed by atoms with Gasteiger partial charge in [0.05, 0.1) is 5.56 Å². The maximum Gasteiger partial charge on any atom is 0.189 e. The molecule has 0 atom stereocenters. The van der Waals surface area contributed by atoms with Crippen LogP contribution in [0, 0.1) is 12.3 Å². The minimum atomic E-state index is -0.264. The van der Waals surface area contributed by atoms with Crippen molar-refractivity contribution in [3.8, 4) is 23.8 Å². The molecular weight excluding hydrogens is 272 g/mol. The molecule has 1 N–H and O–H groups in total. The Morgan fingerprint density at radius 1 is 1.45 bits per heavy atom. The molecule has 0 aliphatic heterocycles. The van der Waals surface area contributed by atoms with Crippen LogP contribution in [0.25, 0.3) is 6.08 Å². The van der Waals surface area contributed by atoms with Crippen LogP contribution in [-0.2, 0) is 0 Å². The molecule has 0 spiro atoms. The lowest BCUT2D eigenvalue weighted by Gasteiger charge is -2.05.